The third-order valence-electron chi connectivity index (χ3n) is 2.74. The summed E-state index contributed by atoms with van der Waals surface area (Å²) < 4.78 is 17.3. The zero-order chi connectivity index (χ0) is 14.0. The van der Waals surface area contributed by atoms with Crippen molar-refractivity contribution < 1.29 is 4.21 Å². The van der Waals surface area contributed by atoms with Gasteiger partial charge in [-0.2, -0.15) is 0 Å². The average Bonchev–Trinajstić information content (AvgIpc) is 2.66. The second-order valence-electron chi connectivity index (χ2n) is 5.36. The summed E-state index contributed by atoms with van der Waals surface area (Å²) in [6.07, 6.45) is 0.891. The van der Waals surface area contributed by atoms with E-state index in [0.29, 0.717) is 0 Å². The van der Waals surface area contributed by atoms with E-state index in [2.05, 4.69) is 44.9 Å². The van der Waals surface area contributed by atoms with Gasteiger partial charge >= 0.3 is 0 Å². The van der Waals surface area contributed by atoms with Gasteiger partial charge in [0.2, 0.25) is 0 Å². The highest BCUT2D eigenvalue weighted by Gasteiger charge is 2.19. The summed E-state index contributed by atoms with van der Waals surface area (Å²) in [5.41, 5.74) is 0. The molecule has 0 bridgehead atoms. The molecule has 0 aliphatic rings. The SMILES string of the molecule is CC(C)(C)S(=O)NCCc1sc2ccccc2c1Br. The minimum absolute atomic E-state index is 0.211. The summed E-state index contributed by atoms with van der Waals surface area (Å²) in [5, 5.41) is 1.26. The van der Waals surface area contributed by atoms with Crippen LogP contribution in [0.1, 0.15) is 25.6 Å². The highest BCUT2D eigenvalue weighted by Crippen LogP contribution is 2.35. The Kier molecular flexibility index (Phi) is 4.82. The monoisotopic (exact) mass is 359 g/mol. The molecule has 0 fully saturated rings. The fourth-order valence-corrected chi connectivity index (χ4v) is 4.43. The Labute approximate surface area is 129 Å². The smallest absolute Gasteiger partial charge is 0.0970 e. The summed E-state index contributed by atoms with van der Waals surface area (Å²) in [5.74, 6) is 0. The largest absolute Gasteiger partial charge is 0.242 e. The van der Waals surface area contributed by atoms with Crippen LogP contribution in [-0.2, 0) is 17.4 Å². The molecule has 1 atom stereocenters. The molecule has 0 aliphatic heterocycles. The van der Waals surface area contributed by atoms with Gasteiger partial charge in [-0.15, -0.1) is 11.3 Å². The van der Waals surface area contributed by atoms with Crippen molar-refractivity contribution in [3.8, 4) is 0 Å². The Hall–Kier alpha value is -0.230. The summed E-state index contributed by atoms with van der Waals surface area (Å²) in [6.45, 7) is 6.66. The van der Waals surface area contributed by atoms with Crippen LogP contribution in [-0.4, -0.2) is 15.5 Å². The predicted octanol–water partition coefficient (Wildman–Crippen LogP) is 4.26. The van der Waals surface area contributed by atoms with Crippen molar-refractivity contribution in [1.82, 2.24) is 4.72 Å². The van der Waals surface area contributed by atoms with Crippen molar-refractivity contribution in [2.75, 3.05) is 6.54 Å². The van der Waals surface area contributed by atoms with Gasteiger partial charge < -0.3 is 0 Å². The van der Waals surface area contributed by atoms with Gasteiger partial charge in [-0.3, -0.25) is 0 Å². The van der Waals surface area contributed by atoms with Gasteiger partial charge in [-0.25, -0.2) is 8.93 Å². The van der Waals surface area contributed by atoms with Crippen LogP contribution in [0.2, 0.25) is 0 Å². The lowest BCUT2D eigenvalue weighted by molar-refractivity contribution is 0.635. The normalized spacial score (nSPS) is 13.9. The van der Waals surface area contributed by atoms with E-state index in [9.17, 15) is 4.21 Å². The molecule has 0 aliphatic carbocycles. The Balaban J connectivity index is 2.03. The molecule has 0 spiro atoms. The fourth-order valence-electron chi connectivity index (χ4n) is 1.70. The van der Waals surface area contributed by atoms with Crippen molar-refractivity contribution in [2.24, 2.45) is 0 Å². The first kappa shape index (κ1) is 15.2. The lowest BCUT2D eigenvalue weighted by Gasteiger charge is -2.17. The molecular weight excluding hydrogens is 342 g/mol. The van der Waals surface area contributed by atoms with E-state index in [1.54, 1.807) is 11.3 Å². The van der Waals surface area contributed by atoms with Crippen molar-refractivity contribution >= 4 is 48.3 Å². The van der Waals surface area contributed by atoms with E-state index in [1.165, 1.54) is 19.4 Å². The van der Waals surface area contributed by atoms with Crippen LogP contribution in [0.5, 0.6) is 0 Å². The molecule has 0 saturated carbocycles. The van der Waals surface area contributed by atoms with Crippen LogP contribution in [0.15, 0.2) is 28.7 Å². The Morgan fingerprint density at radius 3 is 2.63 bits per heavy atom. The van der Waals surface area contributed by atoms with Crippen LogP contribution in [0.3, 0.4) is 0 Å². The summed E-state index contributed by atoms with van der Waals surface area (Å²) >= 11 is 5.46. The lowest BCUT2D eigenvalue weighted by Crippen LogP contribution is -2.34. The minimum Gasteiger partial charge on any atom is -0.242 e. The first-order valence-electron chi connectivity index (χ1n) is 6.21. The molecule has 19 heavy (non-hydrogen) atoms. The number of hydrogen-bond donors (Lipinski definition) is 1. The molecular formula is C14H18BrNOS2. The van der Waals surface area contributed by atoms with E-state index in [4.69, 9.17) is 0 Å². The maximum atomic E-state index is 11.9. The topological polar surface area (TPSA) is 29.1 Å². The van der Waals surface area contributed by atoms with Crippen LogP contribution >= 0.6 is 27.3 Å². The molecule has 0 radical (unpaired) electrons. The predicted molar refractivity (Wildman–Crippen MR) is 89.1 cm³/mol. The molecule has 2 aromatic rings. The van der Waals surface area contributed by atoms with E-state index >= 15 is 0 Å². The number of thiophene rings is 1. The standard InChI is InChI=1S/C14H18BrNOS2/c1-14(2,3)19(17)16-9-8-12-13(15)10-6-4-5-7-11(10)18-12/h4-7,16H,8-9H2,1-3H3. The number of hydrogen-bond acceptors (Lipinski definition) is 2. The second kappa shape index (κ2) is 6.04. The second-order valence-corrected chi connectivity index (χ2v) is 9.34. The average molecular weight is 360 g/mol. The first-order chi connectivity index (χ1) is 8.89. The summed E-state index contributed by atoms with van der Waals surface area (Å²) in [6, 6.07) is 8.37. The van der Waals surface area contributed by atoms with E-state index < -0.39 is 11.0 Å². The molecule has 1 heterocycles. The maximum absolute atomic E-state index is 11.9. The van der Waals surface area contributed by atoms with Crippen molar-refractivity contribution in [3.05, 3.63) is 33.6 Å². The molecule has 1 unspecified atom stereocenters. The third-order valence-corrected chi connectivity index (χ3v) is 6.72. The summed E-state index contributed by atoms with van der Waals surface area (Å²) in [4.78, 5) is 1.31. The zero-order valence-corrected chi connectivity index (χ0v) is 14.5. The Morgan fingerprint density at radius 1 is 1.32 bits per heavy atom. The molecule has 1 aromatic carbocycles. The molecule has 2 nitrogen and oxygen atoms in total. The quantitative estimate of drug-likeness (QED) is 0.867. The highest BCUT2D eigenvalue weighted by atomic mass is 79.9. The number of rotatable bonds is 4. The summed E-state index contributed by atoms with van der Waals surface area (Å²) in [7, 11) is -0.996. The van der Waals surface area contributed by atoms with Gasteiger partial charge in [0.25, 0.3) is 0 Å². The molecule has 5 heteroatoms. The van der Waals surface area contributed by atoms with Gasteiger partial charge in [-0.1, -0.05) is 18.2 Å². The number of halogens is 1. The highest BCUT2D eigenvalue weighted by molar-refractivity contribution is 9.10. The van der Waals surface area contributed by atoms with Crippen molar-refractivity contribution in [2.45, 2.75) is 31.9 Å². The van der Waals surface area contributed by atoms with Gasteiger partial charge in [-0.05, 0) is 49.2 Å². The van der Waals surface area contributed by atoms with Gasteiger partial charge in [0.15, 0.2) is 0 Å². The van der Waals surface area contributed by atoms with E-state index in [-0.39, 0.29) is 4.75 Å². The van der Waals surface area contributed by atoms with E-state index in [1.807, 2.05) is 20.8 Å². The molecule has 1 N–H and O–H groups in total. The van der Waals surface area contributed by atoms with Gasteiger partial charge in [0.1, 0.15) is 0 Å². The zero-order valence-electron chi connectivity index (χ0n) is 11.3. The number of nitrogens with one attached hydrogen (secondary N) is 1. The van der Waals surface area contributed by atoms with Crippen LogP contribution < -0.4 is 4.72 Å². The van der Waals surface area contributed by atoms with Crippen LogP contribution in [0.25, 0.3) is 10.1 Å². The van der Waals surface area contributed by atoms with E-state index in [0.717, 1.165) is 13.0 Å². The maximum Gasteiger partial charge on any atom is 0.0970 e. The minimum atomic E-state index is -0.996. The van der Waals surface area contributed by atoms with Crippen LogP contribution in [0.4, 0.5) is 0 Å². The van der Waals surface area contributed by atoms with Crippen LogP contribution in [0, 0.1) is 0 Å². The van der Waals surface area contributed by atoms with Gasteiger partial charge in [0, 0.05) is 26.0 Å². The van der Waals surface area contributed by atoms with Crippen molar-refractivity contribution in [3.63, 3.8) is 0 Å². The van der Waals surface area contributed by atoms with Gasteiger partial charge in [0.05, 0.1) is 15.7 Å². The molecule has 0 amide bonds. The molecule has 0 saturated heterocycles. The fraction of sp³-hybridized carbons (Fsp3) is 0.429. The third kappa shape index (κ3) is 3.66. The molecule has 104 valence electrons. The lowest BCUT2D eigenvalue weighted by atomic mass is 10.2. The van der Waals surface area contributed by atoms with Crippen molar-refractivity contribution in [1.29, 1.82) is 0 Å². The Bertz CT molecular complexity index is 601. The Morgan fingerprint density at radius 2 is 2.00 bits per heavy atom. The number of fused-ring (bicyclic) bond motifs is 1. The number of benzene rings is 1. The molecule has 2 rings (SSSR count). The molecule has 1 aromatic heterocycles. The first-order valence-corrected chi connectivity index (χ1v) is 8.97.